The van der Waals surface area contributed by atoms with Crippen molar-refractivity contribution in [1.82, 2.24) is 15.6 Å². The van der Waals surface area contributed by atoms with Crippen LogP contribution in [0.2, 0.25) is 0 Å². The van der Waals surface area contributed by atoms with E-state index in [1.807, 2.05) is 19.1 Å². The number of rotatable bonds is 6. The fourth-order valence-corrected chi connectivity index (χ4v) is 1.71. The number of carbonyl (C=O) groups is 1. The van der Waals surface area contributed by atoms with Crippen molar-refractivity contribution < 1.29 is 9.21 Å². The Morgan fingerprint density at radius 1 is 1.30 bits per heavy atom. The SMILES string of the molecule is CCNC(=NCC(=O)Nc1cccnc1)NCc1ccco1.I. The molecule has 8 heteroatoms. The molecule has 0 aromatic carbocycles. The van der Waals surface area contributed by atoms with Crippen LogP contribution in [0.5, 0.6) is 0 Å². The van der Waals surface area contributed by atoms with Crippen molar-refractivity contribution in [1.29, 1.82) is 0 Å². The summed E-state index contributed by atoms with van der Waals surface area (Å²) in [7, 11) is 0. The summed E-state index contributed by atoms with van der Waals surface area (Å²) >= 11 is 0. The number of nitrogens with zero attached hydrogens (tertiary/aromatic N) is 2. The molecule has 2 rings (SSSR count). The lowest BCUT2D eigenvalue weighted by molar-refractivity contribution is -0.114. The van der Waals surface area contributed by atoms with Crippen LogP contribution < -0.4 is 16.0 Å². The Morgan fingerprint density at radius 2 is 2.17 bits per heavy atom. The van der Waals surface area contributed by atoms with E-state index in [2.05, 4.69) is 25.9 Å². The number of guanidine groups is 1. The van der Waals surface area contributed by atoms with Gasteiger partial charge >= 0.3 is 0 Å². The standard InChI is InChI=1S/C15H19N5O2.HI/c1-2-17-15(18-10-13-6-4-8-22-13)19-11-14(21)20-12-5-3-7-16-9-12;/h3-9H,2,10-11H2,1H3,(H,20,21)(H2,17,18,19);1H. The van der Waals surface area contributed by atoms with Crippen LogP contribution in [-0.4, -0.2) is 29.9 Å². The van der Waals surface area contributed by atoms with Crippen LogP contribution in [0.3, 0.4) is 0 Å². The van der Waals surface area contributed by atoms with Gasteiger partial charge in [0.25, 0.3) is 0 Å². The van der Waals surface area contributed by atoms with E-state index >= 15 is 0 Å². The summed E-state index contributed by atoms with van der Waals surface area (Å²) in [5, 5.41) is 8.89. The normalized spacial score (nSPS) is 10.6. The summed E-state index contributed by atoms with van der Waals surface area (Å²) in [6.07, 6.45) is 4.85. The van der Waals surface area contributed by atoms with Crippen LogP contribution in [0.1, 0.15) is 12.7 Å². The number of hydrogen-bond donors (Lipinski definition) is 3. The van der Waals surface area contributed by atoms with E-state index in [0.717, 1.165) is 5.76 Å². The Balaban J connectivity index is 0.00000264. The molecule has 1 amide bonds. The smallest absolute Gasteiger partial charge is 0.246 e. The molecule has 0 aliphatic rings. The molecule has 2 aromatic rings. The predicted octanol–water partition coefficient (Wildman–Crippen LogP) is 1.99. The Bertz CT molecular complexity index is 602. The second-order valence-electron chi connectivity index (χ2n) is 4.42. The quantitative estimate of drug-likeness (QED) is 0.371. The Labute approximate surface area is 152 Å². The predicted molar refractivity (Wildman–Crippen MR) is 99.8 cm³/mol. The molecule has 124 valence electrons. The monoisotopic (exact) mass is 429 g/mol. The maximum Gasteiger partial charge on any atom is 0.246 e. The van der Waals surface area contributed by atoms with Gasteiger partial charge in [-0.15, -0.1) is 24.0 Å². The molecule has 0 aliphatic heterocycles. The Morgan fingerprint density at radius 3 is 2.83 bits per heavy atom. The maximum atomic E-state index is 11.8. The number of aliphatic imine (C=N–C) groups is 1. The van der Waals surface area contributed by atoms with Crippen LogP contribution >= 0.6 is 24.0 Å². The van der Waals surface area contributed by atoms with Gasteiger partial charge < -0.3 is 20.4 Å². The third kappa shape index (κ3) is 7.13. The van der Waals surface area contributed by atoms with Crippen molar-refractivity contribution in [3.05, 3.63) is 48.7 Å². The van der Waals surface area contributed by atoms with Gasteiger partial charge in [-0.25, -0.2) is 4.99 Å². The molecule has 2 aromatic heterocycles. The molecule has 0 radical (unpaired) electrons. The third-order valence-electron chi connectivity index (χ3n) is 2.68. The first-order valence-corrected chi connectivity index (χ1v) is 7.02. The lowest BCUT2D eigenvalue weighted by Gasteiger charge is -2.10. The minimum absolute atomic E-state index is 0. The highest BCUT2D eigenvalue weighted by Crippen LogP contribution is 2.02. The van der Waals surface area contributed by atoms with Crippen molar-refractivity contribution in [2.45, 2.75) is 13.5 Å². The zero-order valence-electron chi connectivity index (χ0n) is 12.8. The van der Waals surface area contributed by atoms with Gasteiger partial charge in [0.1, 0.15) is 12.3 Å². The maximum absolute atomic E-state index is 11.8. The molecule has 0 saturated carbocycles. The second-order valence-corrected chi connectivity index (χ2v) is 4.42. The van der Waals surface area contributed by atoms with Gasteiger partial charge in [-0.3, -0.25) is 9.78 Å². The summed E-state index contributed by atoms with van der Waals surface area (Å²) in [5.41, 5.74) is 0.649. The molecule has 0 spiro atoms. The van der Waals surface area contributed by atoms with Gasteiger partial charge in [-0.2, -0.15) is 0 Å². The molecule has 0 unspecified atom stereocenters. The van der Waals surface area contributed by atoms with Crippen LogP contribution in [-0.2, 0) is 11.3 Å². The van der Waals surface area contributed by atoms with Gasteiger partial charge in [-0.1, -0.05) is 0 Å². The number of furan rings is 1. The minimum atomic E-state index is -0.205. The first-order chi connectivity index (χ1) is 10.8. The summed E-state index contributed by atoms with van der Waals surface area (Å²) in [4.78, 5) is 20.0. The number of aromatic nitrogens is 1. The third-order valence-corrected chi connectivity index (χ3v) is 2.68. The molecular formula is C15H20IN5O2. The molecule has 0 saturated heterocycles. The van der Waals surface area contributed by atoms with Gasteiger partial charge in [0, 0.05) is 12.7 Å². The van der Waals surface area contributed by atoms with Crippen LogP contribution in [0.25, 0.3) is 0 Å². The van der Waals surface area contributed by atoms with E-state index in [-0.39, 0.29) is 36.4 Å². The van der Waals surface area contributed by atoms with E-state index < -0.39 is 0 Å². The average Bonchev–Trinajstić information content (AvgIpc) is 3.04. The van der Waals surface area contributed by atoms with E-state index in [1.165, 1.54) is 0 Å². The highest BCUT2D eigenvalue weighted by atomic mass is 127. The molecule has 0 atom stereocenters. The molecule has 0 fully saturated rings. The van der Waals surface area contributed by atoms with Crippen molar-refractivity contribution in [2.24, 2.45) is 4.99 Å². The molecule has 3 N–H and O–H groups in total. The number of hydrogen-bond acceptors (Lipinski definition) is 4. The van der Waals surface area contributed by atoms with E-state index in [4.69, 9.17) is 4.42 Å². The fraction of sp³-hybridized carbons (Fsp3) is 0.267. The van der Waals surface area contributed by atoms with E-state index in [9.17, 15) is 4.79 Å². The molecule has 0 aliphatic carbocycles. The number of halogens is 1. The summed E-state index contributed by atoms with van der Waals surface area (Å²) in [6, 6.07) is 7.22. The largest absolute Gasteiger partial charge is 0.467 e. The lowest BCUT2D eigenvalue weighted by atomic mass is 10.4. The van der Waals surface area contributed by atoms with E-state index in [1.54, 1.807) is 30.8 Å². The summed E-state index contributed by atoms with van der Waals surface area (Å²) < 4.78 is 5.24. The molecule has 0 bridgehead atoms. The van der Waals surface area contributed by atoms with Crippen LogP contribution in [0, 0.1) is 0 Å². The number of nitrogens with one attached hydrogen (secondary N) is 3. The topological polar surface area (TPSA) is 91.5 Å². The number of anilines is 1. The first-order valence-electron chi connectivity index (χ1n) is 7.02. The molecular weight excluding hydrogens is 409 g/mol. The van der Waals surface area contributed by atoms with Gasteiger partial charge in [0.15, 0.2) is 5.96 Å². The number of amides is 1. The van der Waals surface area contributed by atoms with Crippen molar-refractivity contribution in [2.75, 3.05) is 18.4 Å². The molecule has 2 heterocycles. The van der Waals surface area contributed by atoms with Crippen LogP contribution in [0.15, 0.2) is 52.3 Å². The highest BCUT2D eigenvalue weighted by molar-refractivity contribution is 14.0. The average molecular weight is 429 g/mol. The van der Waals surface area contributed by atoms with Crippen molar-refractivity contribution in [3.63, 3.8) is 0 Å². The number of pyridine rings is 1. The van der Waals surface area contributed by atoms with Gasteiger partial charge in [0.05, 0.1) is 24.7 Å². The zero-order valence-corrected chi connectivity index (χ0v) is 15.1. The molecule has 23 heavy (non-hydrogen) atoms. The minimum Gasteiger partial charge on any atom is -0.467 e. The second kappa shape index (κ2) is 10.6. The Kier molecular flexibility index (Phi) is 8.73. The fourth-order valence-electron chi connectivity index (χ4n) is 1.71. The summed E-state index contributed by atoms with van der Waals surface area (Å²) in [6.45, 7) is 3.18. The Hall–Kier alpha value is -2.10. The summed E-state index contributed by atoms with van der Waals surface area (Å²) in [5.74, 6) is 1.15. The zero-order chi connectivity index (χ0) is 15.6. The van der Waals surface area contributed by atoms with Gasteiger partial charge in [0.2, 0.25) is 5.91 Å². The van der Waals surface area contributed by atoms with Crippen molar-refractivity contribution in [3.8, 4) is 0 Å². The highest BCUT2D eigenvalue weighted by Gasteiger charge is 2.04. The van der Waals surface area contributed by atoms with Crippen molar-refractivity contribution >= 4 is 41.5 Å². The lowest BCUT2D eigenvalue weighted by Crippen LogP contribution is -2.37. The van der Waals surface area contributed by atoms with E-state index in [0.29, 0.717) is 24.7 Å². The first kappa shape index (κ1) is 18.9. The number of carbonyl (C=O) groups excluding carboxylic acids is 1. The van der Waals surface area contributed by atoms with Gasteiger partial charge in [-0.05, 0) is 31.2 Å². The molecule has 7 nitrogen and oxygen atoms in total. The van der Waals surface area contributed by atoms with Crippen LogP contribution in [0.4, 0.5) is 5.69 Å².